The summed E-state index contributed by atoms with van der Waals surface area (Å²) in [5.41, 5.74) is 6.95. The van der Waals surface area contributed by atoms with Crippen LogP contribution in [-0.4, -0.2) is 48.7 Å². The van der Waals surface area contributed by atoms with Crippen molar-refractivity contribution in [1.82, 2.24) is 9.80 Å². The summed E-state index contributed by atoms with van der Waals surface area (Å²) in [5, 5.41) is 24.6. The Balaban J connectivity index is 0.000000328. The van der Waals surface area contributed by atoms with Gasteiger partial charge in [0.15, 0.2) is 11.7 Å². The van der Waals surface area contributed by atoms with Crippen molar-refractivity contribution in [3.8, 4) is 11.5 Å². The van der Waals surface area contributed by atoms with Crippen LogP contribution in [0.15, 0.2) is 52.4 Å². The van der Waals surface area contributed by atoms with Crippen molar-refractivity contribution in [2.75, 3.05) is 27.2 Å². The van der Waals surface area contributed by atoms with Gasteiger partial charge < -0.3 is 20.0 Å². The second kappa shape index (κ2) is 14.4. The zero-order valence-corrected chi connectivity index (χ0v) is 30.0. The van der Waals surface area contributed by atoms with Gasteiger partial charge >= 0.3 is 16.5 Å². The van der Waals surface area contributed by atoms with Crippen LogP contribution in [0.3, 0.4) is 0 Å². The first-order valence-corrected chi connectivity index (χ1v) is 15.2. The molecule has 0 aromatic heterocycles. The molecule has 1 aliphatic rings. The standard InChI is InChI=1S/C22H28N4.C14H21ClO2.Ni/c1-15-9-7-10-16(2)19(15)23-21-22(26(6)14-13-25(21)5)24-20-17(3)11-8-12-18(20)4;1-13(2,3)8-7-9(15)10(14(4,5)6)12(17)11(8)16;/h7-12H,13-14H2,1-6H3;7,16-17H,1-6H3;/q;;+2/p-2. The summed E-state index contributed by atoms with van der Waals surface area (Å²) in [4.78, 5) is 14.5. The van der Waals surface area contributed by atoms with E-state index in [1.54, 1.807) is 6.07 Å². The molecular formula is C36H47ClN4NiO2. The SMILES string of the molecule is CC(C)(C)c1cc(Cl)c(C(C)(C)C)c([O-])c1[O-].Cc1cccc(C)c1N=C1C(=Nc2c(C)cccc2C)N(C)CCN1C.[Ni+2]. The number of hydrogen-bond acceptors (Lipinski definition) is 4. The molecule has 0 atom stereocenters. The topological polar surface area (TPSA) is 77.3 Å². The molecule has 1 saturated heterocycles. The van der Waals surface area contributed by atoms with Crippen LogP contribution < -0.4 is 10.2 Å². The summed E-state index contributed by atoms with van der Waals surface area (Å²) in [6.45, 7) is 21.7. The van der Waals surface area contributed by atoms with Gasteiger partial charge in [0, 0.05) is 32.2 Å². The van der Waals surface area contributed by atoms with Gasteiger partial charge in [-0.3, -0.25) is 0 Å². The van der Waals surface area contributed by atoms with E-state index in [0.29, 0.717) is 16.1 Å². The first-order valence-electron chi connectivity index (χ1n) is 14.8. The second-order valence-electron chi connectivity index (χ2n) is 13.6. The van der Waals surface area contributed by atoms with Gasteiger partial charge in [0.2, 0.25) is 0 Å². The number of halogens is 1. The summed E-state index contributed by atoms with van der Waals surface area (Å²) in [7, 11) is 4.19. The molecule has 0 spiro atoms. The predicted molar refractivity (Wildman–Crippen MR) is 179 cm³/mol. The van der Waals surface area contributed by atoms with Crippen LogP contribution in [0.1, 0.15) is 74.9 Å². The maximum atomic E-state index is 12.1. The minimum absolute atomic E-state index is 0. The summed E-state index contributed by atoms with van der Waals surface area (Å²) in [5.74, 6) is 0.972. The van der Waals surface area contributed by atoms with Gasteiger partial charge in [-0.05, 0) is 78.0 Å². The molecule has 8 heteroatoms. The van der Waals surface area contributed by atoms with Gasteiger partial charge in [0.1, 0.15) is 0 Å². The number of aryl methyl sites for hydroxylation is 4. The Morgan fingerprint density at radius 3 is 1.34 bits per heavy atom. The Kier molecular flexibility index (Phi) is 12.2. The fourth-order valence-electron chi connectivity index (χ4n) is 5.16. The maximum Gasteiger partial charge on any atom is 2.00 e. The van der Waals surface area contributed by atoms with E-state index in [1.165, 1.54) is 22.3 Å². The maximum absolute atomic E-state index is 12.1. The summed E-state index contributed by atoms with van der Waals surface area (Å²) < 4.78 is 0. The quantitative estimate of drug-likeness (QED) is 0.265. The fraction of sp³-hybridized carbons (Fsp3) is 0.444. The largest absolute Gasteiger partial charge is 2.00 e. The molecule has 3 aromatic carbocycles. The van der Waals surface area contributed by atoms with E-state index in [2.05, 4.69) is 88.0 Å². The van der Waals surface area contributed by atoms with E-state index in [4.69, 9.17) is 21.6 Å². The van der Waals surface area contributed by atoms with Crippen LogP contribution in [0.4, 0.5) is 11.4 Å². The molecule has 240 valence electrons. The molecule has 0 bridgehead atoms. The van der Waals surface area contributed by atoms with E-state index in [9.17, 15) is 10.2 Å². The second-order valence-corrected chi connectivity index (χ2v) is 14.0. The Morgan fingerprint density at radius 2 is 1.02 bits per heavy atom. The molecule has 0 amide bonds. The number of likely N-dealkylation sites (N-methyl/N-ethyl adjacent to an activating group) is 2. The molecule has 3 aromatic rings. The average Bonchev–Trinajstić information content (AvgIpc) is 2.88. The van der Waals surface area contributed by atoms with Gasteiger partial charge in [0.25, 0.3) is 0 Å². The molecule has 1 aliphatic heterocycles. The van der Waals surface area contributed by atoms with Crippen LogP contribution in [-0.2, 0) is 27.3 Å². The van der Waals surface area contributed by atoms with Crippen LogP contribution in [0.5, 0.6) is 11.5 Å². The number of piperazine rings is 1. The van der Waals surface area contributed by atoms with Crippen molar-refractivity contribution < 1.29 is 26.7 Å². The number of nitrogens with zero attached hydrogens (tertiary/aromatic N) is 4. The first-order chi connectivity index (χ1) is 19.8. The molecular weight excluding hydrogens is 615 g/mol. The molecule has 4 rings (SSSR count). The number of amidine groups is 2. The van der Waals surface area contributed by atoms with Crippen LogP contribution >= 0.6 is 11.6 Å². The van der Waals surface area contributed by atoms with E-state index < -0.39 is 16.9 Å². The van der Waals surface area contributed by atoms with Crippen molar-refractivity contribution in [3.05, 3.63) is 80.9 Å². The third kappa shape index (κ3) is 8.37. The third-order valence-corrected chi connectivity index (χ3v) is 8.05. The van der Waals surface area contributed by atoms with Gasteiger partial charge in [-0.25, -0.2) is 9.98 Å². The Hall–Kier alpha value is -3.02. The van der Waals surface area contributed by atoms with Crippen molar-refractivity contribution in [1.29, 1.82) is 0 Å². The molecule has 1 heterocycles. The van der Waals surface area contributed by atoms with Crippen molar-refractivity contribution in [3.63, 3.8) is 0 Å². The van der Waals surface area contributed by atoms with E-state index >= 15 is 0 Å². The number of para-hydroxylation sites is 2. The molecule has 0 N–H and O–H groups in total. The summed E-state index contributed by atoms with van der Waals surface area (Å²) >= 11 is 6.16. The monoisotopic (exact) mass is 660 g/mol. The van der Waals surface area contributed by atoms with Crippen molar-refractivity contribution >= 4 is 34.6 Å². The minimum Gasteiger partial charge on any atom is -0.873 e. The first kappa shape index (κ1) is 37.2. The Morgan fingerprint density at radius 1 is 0.659 bits per heavy atom. The van der Waals surface area contributed by atoms with Gasteiger partial charge in [0.05, 0.1) is 11.4 Å². The van der Waals surface area contributed by atoms with Crippen LogP contribution in [0.2, 0.25) is 5.02 Å². The minimum atomic E-state index is -0.463. The number of rotatable bonds is 2. The van der Waals surface area contributed by atoms with Gasteiger partial charge in [-0.15, -0.1) is 11.5 Å². The Labute approximate surface area is 279 Å². The van der Waals surface area contributed by atoms with Crippen molar-refractivity contribution in [2.24, 2.45) is 9.98 Å². The van der Waals surface area contributed by atoms with Gasteiger partial charge in [-0.2, -0.15) is 0 Å². The van der Waals surface area contributed by atoms with Crippen LogP contribution in [0, 0.1) is 27.7 Å². The number of benzene rings is 3. The summed E-state index contributed by atoms with van der Waals surface area (Å²) in [6, 6.07) is 14.3. The molecule has 0 unspecified atom stereocenters. The molecule has 6 nitrogen and oxygen atoms in total. The molecule has 0 saturated carbocycles. The Bertz CT molecular complexity index is 1440. The van der Waals surface area contributed by atoms with E-state index in [0.717, 1.165) is 36.1 Å². The molecule has 0 radical (unpaired) electrons. The van der Waals surface area contributed by atoms with Gasteiger partial charge in [-0.1, -0.05) is 89.5 Å². The summed E-state index contributed by atoms with van der Waals surface area (Å²) in [6.07, 6.45) is 0. The molecule has 44 heavy (non-hydrogen) atoms. The third-order valence-electron chi connectivity index (χ3n) is 7.75. The smallest absolute Gasteiger partial charge is 0.873 e. The average molecular weight is 662 g/mol. The zero-order valence-electron chi connectivity index (χ0n) is 28.3. The van der Waals surface area contributed by atoms with E-state index in [1.807, 2.05) is 41.5 Å². The normalized spacial score (nSPS) is 15.7. The number of hydrogen-bond donors (Lipinski definition) is 0. The van der Waals surface area contributed by atoms with Crippen molar-refractivity contribution in [2.45, 2.75) is 80.1 Å². The fourth-order valence-corrected chi connectivity index (χ4v) is 5.64. The zero-order chi connectivity index (χ0) is 32.4. The predicted octanol–water partition coefficient (Wildman–Crippen LogP) is 7.64. The molecule has 0 aliphatic carbocycles. The van der Waals surface area contributed by atoms with Crippen LogP contribution in [0.25, 0.3) is 0 Å². The number of aliphatic imine (C=N–C) groups is 2. The molecule has 1 fully saturated rings. The van der Waals surface area contributed by atoms with E-state index in [-0.39, 0.29) is 21.9 Å².